The van der Waals surface area contributed by atoms with E-state index in [0.717, 1.165) is 0 Å². The molecule has 186 valence electrons. The van der Waals surface area contributed by atoms with Gasteiger partial charge in [-0.25, -0.2) is 23.2 Å². The predicted molar refractivity (Wildman–Crippen MR) is 128 cm³/mol. The number of sulfonamides is 1. The van der Waals surface area contributed by atoms with Gasteiger partial charge in [0.05, 0.1) is 13.2 Å². The van der Waals surface area contributed by atoms with Crippen molar-refractivity contribution in [3.8, 4) is 16.9 Å². The second kappa shape index (κ2) is 10.7. The number of ether oxygens (including phenoxy) is 1. The smallest absolute Gasteiger partial charge is 0.317 e. The lowest BCUT2D eigenvalue weighted by atomic mass is 10.0. The highest BCUT2D eigenvalue weighted by Gasteiger charge is 2.38. The molecular weight excluding hydrogens is 458 g/mol. The quantitative estimate of drug-likeness (QED) is 0.633. The van der Waals surface area contributed by atoms with Crippen LogP contribution in [-0.2, 0) is 10.0 Å². The number of nitrogens with zero attached hydrogens (tertiary/aromatic N) is 4. The largest absolute Gasteiger partial charge is 0.487 e. The summed E-state index contributed by atoms with van der Waals surface area (Å²) in [5.41, 5.74) is 1.42. The van der Waals surface area contributed by atoms with Crippen LogP contribution in [0.25, 0.3) is 11.1 Å². The molecule has 0 radical (unpaired) electrons. The first-order valence-corrected chi connectivity index (χ1v) is 12.7. The van der Waals surface area contributed by atoms with Crippen LogP contribution >= 0.6 is 0 Å². The molecule has 0 spiro atoms. The third-order valence-electron chi connectivity index (χ3n) is 5.77. The molecule has 1 aliphatic rings. The Kier molecular flexibility index (Phi) is 8.11. The van der Waals surface area contributed by atoms with Gasteiger partial charge >= 0.3 is 6.03 Å². The van der Waals surface area contributed by atoms with Gasteiger partial charge in [0.2, 0.25) is 10.0 Å². The molecule has 0 saturated carbocycles. The van der Waals surface area contributed by atoms with Crippen LogP contribution < -0.4 is 10.1 Å². The highest BCUT2D eigenvalue weighted by Crippen LogP contribution is 2.36. The average molecular weight is 492 g/mol. The van der Waals surface area contributed by atoms with Crippen molar-refractivity contribution in [2.24, 2.45) is 5.92 Å². The molecule has 34 heavy (non-hydrogen) atoms. The van der Waals surface area contributed by atoms with Crippen molar-refractivity contribution in [1.82, 2.24) is 24.5 Å². The minimum absolute atomic E-state index is 0.0135. The van der Waals surface area contributed by atoms with Crippen molar-refractivity contribution in [2.45, 2.75) is 50.8 Å². The number of hydrogen-bond acceptors (Lipinski definition) is 7. The van der Waals surface area contributed by atoms with E-state index in [1.54, 1.807) is 38.5 Å². The number of urea groups is 1. The molecule has 0 bridgehead atoms. The molecule has 2 amide bonds. The number of rotatable bonds is 6. The number of carbonyl (C=O) groups is 1. The van der Waals surface area contributed by atoms with E-state index in [2.05, 4.69) is 15.3 Å². The van der Waals surface area contributed by atoms with E-state index < -0.39 is 22.2 Å². The van der Waals surface area contributed by atoms with E-state index in [1.165, 1.54) is 21.6 Å². The molecule has 0 saturated heterocycles. The Morgan fingerprint density at radius 2 is 1.94 bits per heavy atom. The summed E-state index contributed by atoms with van der Waals surface area (Å²) in [4.78, 5) is 22.1. The maximum Gasteiger partial charge on any atom is 0.317 e. The molecule has 1 aromatic heterocycles. The fourth-order valence-electron chi connectivity index (χ4n) is 3.78. The van der Waals surface area contributed by atoms with Gasteiger partial charge in [-0.1, -0.05) is 13.0 Å². The number of aliphatic hydroxyl groups excluding tert-OH is 1. The summed E-state index contributed by atoms with van der Waals surface area (Å²) in [6, 6.07) is 3.97. The number of nitrogens with one attached hydrogen (secondary N) is 1. The number of likely N-dealkylation sites (N-methyl/N-ethyl adjacent to an activating group) is 1. The Bertz CT molecular complexity index is 1100. The van der Waals surface area contributed by atoms with Gasteiger partial charge in [0.15, 0.2) is 0 Å². The lowest BCUT2D eigenvalue weighted by Crippen LogP contribution is -2.51. The van der Waals surface area contributed by atoms with Crippen molar-refractivity contribution in [2.75, 3.05) is 26.7 Å². The molecule has 0 fully saturated rings. The first-order valence-electron chi connectivity index (χ1n) is 11.2. The van der Waals surface area contributed by atoms with E-state index in [-0.39, 0.29) is 48.3 Å². The molecule has 1 aromatic carbocycles. The molecule has 10 nitrogen and oxygen atoms in total. The second-order valence-corrected chi connectivity index (χ2v) is 10.9. The van der Waals surface area contributed by atoms with Gasteiger partial charge in [0.25, 0.3) is 0 Å². The van der Waals surface area contributed by atoms with Crippen LogP contribution in [0.5, 0.6) is 5.75 Å². The standard InChI is InChI=1S/C23H33N5O5S/c1-15(2)26-23(30)27(5)12-21-16(3)11-28(17(4)13-29)34(31,32)22-7-6-18(8-20(22)33-21)19-9-24-14-25-10-19/h6-10,14-17,21,29H,11-13H2,1-5H3,(H,26,30)/t16-,17+,21+/m1/s1. The predicted octanol–water partition coefficient (Wildman–Crippen LogP) is 1.96. The monoisotopic (exact) mass is 491 g/mol. The first-order chi connectivity index (χ1) is 16.0. The number of aliphatic hydroxyl groups is 1. The van der Waals surface area contributed by atoms with Crippen LogP contribution in [0.4, 0.5) is 4.79 Å². The van der Waals surface area contributed by atoms with Gasteiger partial charge < -0.3 is 20.1 Å². The van der Waals surface area contributed by atoms with Crippen molar-refractivity contribution in [3.63, 3.8) is 0 Å². The molecule has 3 atom stereocenters. The lowest BCUT2D eigenvalue weighted by Gasteiger charge is -2.37. The van der Waals surface area contributed by atoms with Crippen LogP contribution in [0, 0.1) is 5.92 Å². The van der Waals surface area contributed by atoms with E-state index in [4.69, 9.17) is 4.74 Å². The summed E-state index contributed by atoms with van der Waals surface area (Å²) in [5, 5.41) is 12.6. The summed E-state index contributed by atoms with van der Waals surface area (Å²) in [5.74, 6) is -0.0827. The van der Waals surface area contributed by atoms with Crippen LogP contribution in [-0.4, -0.2) is 83.7 Å². The Morgan fingerprint density at radius 1 is 1.26 bits per heavy atom. The van der Waals surface area contributed by atoms with E-state index >= 15 is 0 Å². The van der Waals surface area contributed by atoms with Crippen LogP contribution in [0.3, 0.4) is 0 Å². The fraction of sp³-hybridized carbons (Fsp3) is 0.522. The van der Waals surface area contributed by atoms with Gasteiger partial charge in [0, 0.05) is 49.6 Å². The van der Waals surface area contributed by atoms with Gasteiger partial charge in [0.1, 0.15) is 23.1 Å². The number of hydrogen-bond donors (Lipinski definition) is 2. The van der Waals surface area contributed by atoms with Gasteiger partial charge in [-0.15, -0.1) is 0 Å². The Balaban J connectivity index is 2.06. The molecule has 11 heteroatoms. The molecule has 0 aliphatic carbocycles. The number of aromatic nitrogens is 2. The molecule has 0 unspecified atom stereocenters. The van der Waals surface area contributed by atoms with E-state index in [0.29, 0.717) is 11.1 Å². The number of amides is 2. The first kappa shape index (κ1) is 25.9. The molecule has 2 N–H and O–H groups in total. The highest BCUT2D eigenvalue weighted by atomic mass is 32.2. The Labute approximate surface area is 201 Å². The molecule has 1 aliphatic heterocycles. The minimum Gasteiger partial charge on any atom is -0.487 e. The molecule has 2 heterocycles. The summed E-state index contributed by atoms with van der Waals surface area (Å²) < 4.78 is 34.7. The van der Waals surface area contributed by atoms with E-state index in [9.17, 15) is 18.3 Å². The summed E-state index contributed by atoms with van der Waals surface area (Å²) in [7, 11) is -2.27. The zero-order chi connectivity index (χ0) is 25.0. The maximum absolute atomic E-state index is 13.6. The van der Waals surface area contributed by atoms with Gasteiger partial charge in [-0.05, 0) is 38.5 Å². The zero-order valence-corrected chi connectivity index (χ0v) is 21.0. The van der Waals surface area contributed by atoms with Crippen molar-refractivity contribution < 1.29 is 23.1 Å². The van der Waals surface area contributed by atoms with Gasteiger partial charge in [-0.3, -0.25) is 0 Å². The lowest BCUT2D eigenvalue weighted by molar-refractivity contribution is 0.0810. The second-order valence-electron chi connectivity index (χ2n) is 9.01. The SMILES string of the molecule is CC(C)NC(=O)N(C)C[C@@H]1Oc2cc(-c3cncnc3)ccc2S(=O)(=O)N([C@@H](C)CO)C[C@H]1C. The Morgan fingerprint density at radius 3 is 2.56 bits per heavy atom. The van der Waals surface area contributed by atoms with Crippen molar-refractivity contribution >= 4 is 16.1 Å². The molecular formula is C23H33N5O5S. The number of benzene rings is 1. The summed E-state index contributed by atoms with van der Waals surface area (Å²) in [6.45, 7) is 7.38. The third kappa shape index (κ3) is 5.65. The average Bonchev–Trinajstić information content (AvgIpc) is 2.80. The number of fused-ring (bicyclic) bond motifs is 1. The fourth-order valence-corrected chi connectivity index (χ4v) is 5.61. The zero-order valence-electron chi connectivity index (χ0n) is 20.2. The maximum atomic E-state index is 13.6. The number of carbonyl (C=O) groups excluding carboxylic acids is 1. The normalized spacial score (nSPS) is 21.0. The summed E-state index contributed by atoms with van der Waals surface area (Å²) >= 11 is 0. The van der Waals surface area contributed by atoms with E-state index in [1.807, 2.05) is 20.8 Å². The topological polar surface area (TPSA) is 125 Å². The summed E-state index contributed by atoms with van der Waals surface area (Å²) in [6.07, 6.45) is 4.20. The van der Waals surface area contributed by atoms with Crippen molar-refractivity contribution in [1.29, 1.82) is 0 Å². The molecule has 3 rings (SSSR count). The highest BCUT2D eigenvalue weighted by molar-refractivity contribution is 7.89. The Hall–Kier alpha value is -2.76. The molecule has 2 aromatic rings. The van der Waals surface area contributed by atoms with Crippen molar-refractivity contribution in [3.05, 3.63) is 36.9 Å². The van der Waals surface area contributed by atoms with Crippen LogP contribution in [0.1, 0.15) is 27.7 Å². The van der Waals surface area contributed by atoms with Crippen LogP contribution in [0.15, 0.2) is 41.8 Å². The third-order valence-corrected chi connectivity index (χ3v) is 7.79. The van der Waals surface area contributed by atoms with Crippen LogP contribution in [0.2, 0.25) is 0 Å². The minimum atomic E-state index is -3.95. The van der Waals surface area contributed by atoms with Gasteiger partial charge in [-0.2, -0.15) is 4.31 Å².